The molecular formula is C21H39NO4. The molecule has 5 heteroatoms. The Balaban J connectivity index is 2.18. The van der Waals surface area contributed by atoms with E-state index in [0.717, 1.165) is 51.4 Å². The quantitative estimate of drug-likeness (QED) is 0.420. The molecule has 0 spiro atoms. The van der Waals surface area contributed by atoms with Crippen LogP contribution in [0, 0.1) is 0 Å². The molecular weight excluding hydrogens is 330 g/mol. The van der Waals surface area contributed by atoms with E-state index in [4.69, 9.17) is 4.74 Å². The summed E-state index contributed by atoms with van der Waals surface area (Å²) in [6.07, 6.45) is 8.97. The number of piperidine rings is 1. The average Bonchev–Trinajstić information content (AvgIpc) is 2.58. The van der Waals surface area contributed by atoms with Crippen LogP contribution in [0.4, 0.5) is 0 Å². The smallest absolute Gasteiger partial charge is 0.306 e. The number of carbonyl (C=O) groups is 2. The van der Waals surface area contributed by atoms with Crippen LogP contribution in [0.1, 0.15) is 91.9 Å². The zero-order valence-electron chi connectivity index (χ0n) is 17.7. The molecule has 0 aliphatic carbocycles. The second-order valence-corrected chi connectivity index (χ2v) is 8.74. The predicted molar refractivity (Wildman–Crippen MR) is 104 cm³/mol. The van der Waals surface area contributed by atoms with Gasteiger partial charge in [0.2, 0.25) is 0 Å². The lowest BCUT2D eigenvalue weighted by atomic mass is 9.78. The summed E-state index contributed by atoms with van der Waals surface area (Å²) < 4.78 is 10.4. The maximum absolute atomic E-state index is 12.2. The summed E-state index contributed by atoms with van der Waals surface area (Å²) in [7, 11) is 3.55. The van der Waals surface area contributed by atoms with Crippen molar-refractivity contribution in [1.82, 2.24) is 4.90 Å². The number of unbranched alkanes of at least 4 members (excludes halogenated alkanes) is 5. The number of esters is 2. The Labute approximate surface area is 159 Å². The SMILES string of the molecule is COC(=O)CCCCCCCCC(=O)OC1CCC(C)(C)N(C)C1(C)C. The lowest BCUT2D eigenvalue weighted by Gasteiger charge is -2.54. The van der Waals surface area contributed by atoms with Crippen LogP contribution in [0.5, 0.6) is 0 Å². The number of methoxy groups -OCH3 is 1. The van der Waals surface area contributed by atoms with Crippen LogP contribution < -0.4 is 0 Å². The Hall–Kier alpha value is -1.10. The zero-order valence-corrected chi connectivity index (χ0v) is 17.7. The molecule has 0 amide bonds. The van der Waals surface area contributed by atoms with Gasteiger partial charge in [0, 0.05) is 18.4 Å². The highest BCUT2D eigenvalue weighted by molar-refractivity contribution is 5.69. The van der Waals surface area contributed by atoms with Crippen LogP contribution >= 0.6 is 0 Å². The molecule has 26 heavy (non-hydrogen) atoms. The maximum atomic E-state index is 12.2. The third-order valence-electron chi connectivity index (χ3n) is 6.09. The van der Waals surface area contributed by atoms with Gasteiger partial charge < -0.3 is 9.47 Å². The van der Waals surface area contributed by atoms with Gasteiger partial charge in [-0.15, -0.1) is 0 Å². The molecule has 0 saturated carbocycles. The van der Waals surface area contributed by atoms with Gasteiger partial charge in [0.15, 0.2) is 0 Å². The fourth-order valence-corrected chi connectivity index (χ4v) is 3.77. The molecule has 1 unspecified atom stereocenters. The van der Waals surface area contributed by atoms with Crippen molar-refractivity contribution in [3.05, 3.63) is 0 Å². The Kier molecular flexibility index (Phi) is 9.08. The molecule has 152 valence electrons. The highest BCUT2D eigenvalue weighted by Crippen LogP contribution is 2.38. The third kappa shape index (κ3) is 6.90. The first kappa shape index (κ1) is 22.9. The summed E-state index contributed by atoms with van der Waals surface area (Å²) >= 11 is 0. The summed E-state index contributed by atoms with van der Waals surface area (Å²) in [4.78, 5) is 25.6. The maximum Gasteiger partial charge on any atom is 0.306 e. The minimum atomic E-state index is -0.142. The molecule has 0 N–H and O–H groups in total. The first-order valence-electron chi connectivity index (χ1n) is 10.1. The molecule has 1 aliphatic rings. The van der Waals surface area contributed by atoms with E-state index in [-0.39, 0.29) is 29.1 Å². The van der Waals surface area contributed by atoms with Crippen LogP contribution in [0.15, 0.2) is 0 Å². The Morgan fingerprint density at radius 1 is 0.923 bits per heavy atom. The highest BCUT2D eigenvalue weighted by Gasteiger charge is 2.46. The topological polar surface area (TPSA) is 55.8 Å². The van der Waals surface area contributed by atoms with Crippen molar-refractivity contribution in [3.8, 4) is 0 Å². The summed E-state index contributed by atoms with van der Waals surface area (Å²) in [6, 6.07) is 0. The molecule has 0 aromatic rings. The van der Waals surface area contributed by atoms with Gasteiger partial charge in [-0.2, -0.15) is 0 Å². The van der Waals surface area contributed by atoms with Crippen molar-refractivity contribution in [2.45, 2.75) is 109 Å². The van der Waals surface area contributed by atoms with E-state index in [2.05, 4.69) is 44.4 Å². The van der Waals surface area contributed by atoms with Gasteiger partial charge in [0.25, 0.3) is 0 Å². The Morgan fingerprint density at radius 3 is 1.96 bits per heavy atom. The van der Waals surface area contributed by atoms with Crippen LogP contribution in [0.25, 0.3) is 0 Å². The van der Waals surface area contributed by atoms with Crippen LogP contribution in [0.3, 0.4) is 0 Å². The molecule has 1 aliphatic heterocycles. The molecule has 1 heterocycles. The van der Waals surface area contributed by atoms with Crippen LogP contribution in [-0.4, -0.2) is 48.2 Å². The summed E-state index contributed by atoms with van der Waals surface area (Å²) in [5.41, 5.74) is -0.00266. The third-order valence-corrected chi connectivity index (χ3v) is 6.09. The van der Waals surface area contributed by atoms with E-state index in [1.807, 2.05) is 0 Å². The standard InChI is InChI=1S/C21H39NO4/c1-20(2)16-15-17(21(3,4)22(20)5)26-19(24)14-12-10-8-7-9-11-13-18(23)25-6/h17H,7-16H2,1-6H3. The number of likely N-dealkylation sites (N-methyl/N-ethyl adjacent to an activating group) is 1. The first-order valence-corrected chi connectivity index (χ1v) is 10.1. The normalized spacial score (nSPS) is 22.0. The monoisotopic (exact) mass is 369 g/mol. The van der Waals surface area contributed by atoms with E-state index >= 15 is 0 Å². The van der Waals surface area contributed by atoms with Crippen molar-refractivity contribution in [1.29, 1.82) is 0 Å². The molecule has 1 atom stereocenters. The molecule has 0 aromatic heterocycles. The molecule has 0 bridgehead atoms. The fraction of sp³-hybridized carbons (Fsp3) is 0.905. The number of nitrogens with zero attached hydrogens (tertiary/aromatic N) is 1. The first-order chi connectivity index (χ1) is 12.1. The van der Waals surface area contributed by atoms with Crippen molar-refractivity contribution in [2.24, 2.45) is 0 Å². The molecule has 0 aromatic carbocycles. The average molecular weight is 370 g/mol. The second kappa shape index (κ2) is 10.3. The van der Waals surface area contributed by atoms with Gasteiger partial charge in [-0.3, -0.25) is 14.5 Å². The van der Waals surface area contributed by atoms with Crippen molar-refractivity contribution >= 4 is 11.9 Å². The zero-order chi connectivity index (χ0) is 19.8. The van der Waals surface area contributed by atoms with E-state index in [1.54, 1.807) is 0 Å². The Bertz CT molecular complexity index is 459. The molecule has 1 fully saturated rings. The van der Waals surface area contributed by atoms with Crippen LogP contribution in [-0.2, 0) is 19.1 Å². The van der Waals surface area contributed by atoms with E-state index in [1.165, 1.54) is 7.11 Å². The van der Waals surface area contributed by atoms with Gasteiger partial charge in [-0.25, -0.2) is 0 Å². The number of hydrogen-bond acceptors (Lipinski definition) is 5. The van der Waals surface area contributed by atoms with E-state index in [9.17, 15) is 9.59 Å². The highest BCUT2D eigenvalue weighted by atomic mass is 16.5. The van der Waals surface area contributed by atoms with Gasteiger partial charge in [0.1, 0.15) is 6.10 Å². The molecule has 1 rings (SSSR count). The number of ether oxygens (including phenoxy) is 2. The molecule has 5 nitrogen and oxygen atoms in total. The summed E-state index contributed by atoms with van der Waals surface area (Å²) in [5.74, 6) is -0.200. The van der Waals surface area contributed by atoms with Crippen LogP contribution in [0.2, 0.25) is 0 Å². The number of carbonyl (C=O) groups excluding carboxylic acids is 2. The fourth-order valence-electron chi connectivity index (χ4n) is 3.77. The lowest BCUT2D eigenvalue weighted by molar-refractivity contribution is -0.167. The van der Waals surface area contributed by atoms with Crippen molar-refractivity contribution in [2.75, 3.05) is 14.2 Å². The molecule has 1 saturated heterocycles. The number of likely N-dealkylation sites (tertiary alicyclic amines) is 1. The Morgan fingerprint density at radius 2 is 1.42 bits per heavy atom. The van der Waals surface area contributed by atoms with Gasteiger partial charge in [-0.05, 0) is 60.4 Å². The summed E-state index contributed by atoms with van der Waals surface area (Å²) in [6.45, 7) is 8.83. The largest absolute Gasteiger partial charge is 0.469 e. The van der Waals surface area contributed by atoms with Gasteiger partial charge in [-0.1, -0.05) is 25.7 Å². The van der Waals surface area contributed by atoms with E-state index < -0.39 is 0 Å². The minimum absolute atomic E-state index is 0.0358. The van der Waals surface area contributed by atoms with E-state index in [0.29, 0.717) is 12.8 Å². The van der Waals surface area contributed by atoms with Crippen molar-refractivity contribution in [3.63, 3.8) is 0 Å². The van der Waals surface area contributed by atoms with Crippen molar-refractivity contribution < 1.29 is 19.1 Å². The second-order valence-electron chi connectivity index (χ2n) is 8.74. The number of rotatable bonds is 10. The number of hydrogen-bond donors (Lipinski definition) is 0. The lowest BCUT2D eigenvalue weighted by Crippen LogP contribution is -2.63. The predicted octanol–water partition coefficient (Wildman–Crippen LogP) is 4.47. The molecule has 0 radical (unpaired) electrons. The minimum Gasteiger partial charge on any atom is -0.469 e. The summed E-state index contributed by atoms with van der Waals surface area (Å²) in [5, 5.41) is 0. The van der Waals surface area contributed by atoms with Gasteiger partial charge >= 0.3 is 11.9 Å². The van der Waals surface area contributed by atoms with Gasteiger partial charge in [0.05, 0.1) is 12.6 Å².